The zero-order valence-corrected chi connectivity index (χ0v) is 13.5. The molecule has 0 fully saturated rings. The van der Waals surface area contributed by atoms with Crippen LogP contribution in [0.4, 0.5) is 13.2 Å². The van der Waals surface area contributed by atoms with Crippen molar-refractivity contribution in [2.75, 3.05) is 7.11 Å². The molecule has 1 heterocycles. The largest absolute Gasteiger partial charge is 0.465 e. The van der Waals surface area contributed by atoms with Crippen LogP contribution in [0, 0.1) is 6.92 Å². The van der Waals surface area contributed by atoms with E-state index < -0.39 is 23.7 Å². The van der Waals surface area contributed by atoms with Gasteiger partial charge in [0.15, 0.2) is 0 Å². The third kappa shape index (κ3) is 4.56. The highest BCUT2D eigenvalue weighted by atomic mass is 19.4. The number of carbonyl (C=O) groups excluding carboxylic acids is 2. The molecule has 2 rings (SSSR count). The lowest BCUT2D eigenvalue weighted by Crippen LogP contribution is -2.24. The van der Waals surface area contributed by atoms with E-state index in [1.165, 1.54) is 14.0 Å². The van der Waals surface area contributed by atoms with Crippen molar-refractivity contribution in [3.05, 3.63) is 64.5 Å². The van der Waals surface area contributed by atoms with Crippen LogP contribution in [0.5, 0.6) is 0 Å². The first-order chi connectivity index (χ1) is 11.7. The minimum Gasteiger partial charge on any atom is -0.465 e. The van der Waals surface area contributed by atoms with Gasteiger partial charge in [-0.3, -0.25) is 4.79 Å². The van der Waals surface area contributed by atoms with Crippen LogP contribution >= 0.6 is 0 Å². The molecule has 0 saturated carbocycles. The Bertz CT molecular complexity index is 787. The molecule has 1 N–H and O–H groups in total. The number of rotatable bonds is 4. The number of carbonyl (C=O) groups is 2. The van der Waals surface area contributed by atoms with E-state index in [4.69, 9.17) is 0 Å². The number of amides is 1. The molecule has 5 nitrogen and oxygen atoms in total. The first-order valence-electron chi connectivity index (χ1n) is 7.22. The van der Waals surface area contributed by atoms with Crippen LogP contribution in [0.15, 0.2) is 36.4 Å². The number of methoxy groups -OCH3 is 1. The Hall–Kier alpha value is -2.90. The molecule has 0 aliphatic heterocycles. The van der Waals surface area contributed by atoms with E-state index in [1.54, 1.807) is 24.3 Å². The summed E-state index contributed by atoms with van der Waals surface area (Å²) in [5.74, 6) is -1.00. The third-order valence-corrected chi connectivity index (χ3v) is 3.45. The maximum atomic E-state index is 12.6. The fourth-order valence-corrected chi connectivity index (χ4v) is 2.11. The Balaban J connectivity index is 2.04. The van der Waals surface area contributed by atoms with Gasteiger partial charge in [0.25, 0.3) is 5.91 Å². The minimum atomic E-state index is -4.55. The van der Waals surface area contributed by atoms with Crippen molar-refractivity contribution in [3.63, 3.8) is 0 Å². The molecule has 0 bridgehead atoms. The van der Waals surface area contributed by atoms with Crippen molar-refractivity contribution in [1.29, 1.82) is 0 Å². The van der Waals surface area contributed by atoms with Gasteiger partial charge in [0.1, 0.15) is 5.69 Å². The molecule has 0 radical (unpaired) electrons. The van der Waals surface area contributed by atoms with E-state index in [2.05, 4.69) is 15.0 Å². The molecule has 1 aromatic heterocycles. The van der Waals surface area contributed by atoms with Crippen molar-refractivity contribution in [3.8, 4) is 0 Å². The lowest BCUT2D eigenvalue weighted by Gasteiger charge is -2.10. The predicted molar refractivity (Wildman–Crippen MR) is 82.9 cm³/mol. The van der Waals surface area contributed by atoms with E-state index >= 15 is 0 Å². The number of halogens is 3. The van der Waals surface area contributed by atoms with Gasteiger partial charge in [-0.1, -0.05) is 12.1 Å². The van der Waals surface area contributed by atoms with Gasteiger partial charge in [-0.25, -0.2) is 9.78 Å². The molecule has 2 aromatic rings. The Kier molecular flexibility index (Phi) is 5.41. The van der Waals surface area contributed by atoms with Gasteiger partial charge in [0, 0.05) is 6.54 Å². The summed E-state index contributed by atoms with van der Waals surface area (Å²) in [5.41, 5.74) is 0.117. The second-order valence-corrected chi connectivity index (χ2v) is 5.20. The molecule has 132 valence electrons. The minimum absolute atomic E-state index is 0.00614. The van der Waals surface area contributed by atoms with Crippen LogP contribution < -0.4 is 5.32 Å². The molecular formula is C17H15F3N2O3. The topological polar surface area (TPSA) is 68.3 Å². The number of nitrogens with one attached hydrogen (secondary N) is 1. The van der Waals surface area contributed by atoms with Gasteiger partial charge < -0.3 is 10.1 Å². The van der Waals surface area contributed by atoms with Crippen molar-refractivity contribution in [2.45, 2.75) is 19.6 Å². The van der Waals surface area contributed by atoms with Crippen molar-refractivity contribution in [2.24, 2.45) is 0 Å². The molecule has 1 amide bonds. The molecule has 8 heteroatoms. The molecule has 0 saturated heterocycles. The number of benzene rings is 1. The first-order valence-corrected chi connectivity index (χ1v) is 7.22. The smallest absolute Gasteiger partial charge is 0.433 e. The first kappa shape index (κ1) is 18.4. The van der Waals surface area contributed by atoms with Crippen LogP contribution in [0.25, 0.3) is 0 Å². The molecule has 0 spiro atoms. The number of aromatic nitrogens is 1. The van der Waals surface area contributed by atoms with Crippen LogP contribution in [0.2, 0.25) is 0 Å². The van der Waals surface area contributed by atoms with Crippen LogP contribution in [0.3, 0.4) is 0 Å². The summed E-state index contributed by atoms with van der Waals surface area (Å²) in [6.45, 7) is 1.50. The average Bonchev–Trinajstić information content (AvgIpc) is 2.58. The standard InChI is InChI=1S/C17H15F3N2O3/c1-10-13(7-8-14(22-10)17(18,19)20)15(23)21-9-11-3-5-12(6-4-11)16(24)25-2/h3-8H,9H2,1-2H3,(H,21,23). The number of ether oxygens (including phenoxy) is 1. The van der Waals surface area contributed by atoms with Crippen molar-refractivity contribution in [1.82, 2.24) is 10.3 Å². The maximum Gasteiger partial charge on any atom is 0.433 e. The number of esters is 1. The van der Waals surface area contributed by atoms with Crippen LogP contribution in [-0.4, -0.2) is 24.0 Å². The van der Waals surface area contributed by atoms with Gasteiger partial charge in [-0.2, -0.15) is 13.2 Å². The van der Waals surface area contributed by atoms with E-state index in [0.717, 1.165) is 17.7 Å². The van der Waals surface area contributed by atoms with Gasteiger partial charge >= 0.3 is 12.1 Å². The molecule has 25 heavy (non-hydrogen) atoms. The molecule has 0 aliphatic rings. The monoisotopic (exact) mass is 352 g/mol. The number of pyridine rings is 1. The van der Waals surface area contributed by atoms with Gasteiger partial charge in [-0.15, -0.1) is 0 Å². The number of alkyl halides is 3. The fourth-order valence-electron chi connectivity index (χ4n) is 2.11. The highest BCUT2D eigenvalue weighted by molar-refractivity contribution is 5.95. The molecular weight excluding hydrogens is 337 g/mol. The second-order valence-electron chi connectivity index (χ2n) is 5.20. The van der Waals surface area contributed by atoms with Gasteiger partial charge in [-0.05, 0) is 36.8 Å². The van der Waals surface area contributed by atoms with Crippen LogP contribution in [-0.2, 0) is 17.5 Å². The fraction of sp³-hybridized carbons (Fsp3) is 0.235. The quantitative estimate of drug-likeness (QED) is 0.859. The van der Waals surface area contributed by atoms with E-state index in [1.807, 2.05) is 0 Å². The summed E-state index contributed by atoms with van der Waals surface area (Å²) in [7, 11) is 1.27. The number of hydrogen-bond acceptors (Lipinski definition) is 4. The maximum absolute atomic E-state index is 12.6. The number of nitrogens with zero attached hydrogens (tertiary/aromatic N) is 1. The summed E-state index contributed by atoms with van der Waals surface area (Å²) in [6.07, 6.45) is -4.55. The highest BCUT2D eigenvalue weighted by Crippen LogP contribution is 2.28. The second kappa shape index (κ2) is 7.33. The van der Waals surface area contributed by atoms with Gasteiger partial charge in [0.2, 0.25) is 0 Å². The van der Waals surface area contributed by atoms with E-state index in [-0.39, 0.29) is 17.8 Å². The molecule has 0 unspecified atom stereocenters. The summed E-state index contributed by atoms with van der Waals surface area (Å²) in [4.78, 5) is 26.9. The number of aryl methyl sites for hydroxylation is 1. The van der Waals surface area contributed by atoms with Crippen molar-refractivity contribution < 1.29 is 27.5 Å². The highest BCUT2D eigenvalue weighted by Gasteiger charge is 2.33. The Morgan fingerprint density at radius 2 is 1.76 bits per heavy atom. The normalized spacial score (nSPS) is 11.1. The summed E-state index contributed by atoms with van der Waals surface area (Å²) in [5, 5.41) is 2.60. The Morgan fingerprint density at radius 3 is 2.28 bits per heavy atom. The third-order valence-electron chi connectivity index (χ3n) is 3.45. The lowest BCUT2D eigenvalue weighted by molar-refractivity contribution is -0.141. The summed E-state index contributed by atoms with van der Waals surface area (Å²) >= 11 is 0. The molecule has 0 atom stereocenters. The van der Waals surface area contributed by atoms with Crippen LogP contribution in [0.1, 0.15) is 37.7 Å². The van der Waals surface area contributed by atoms with Crippen molar-refractivity contribution >= 4 is 11.9 Å². The number of hydrogen-bond donors (Lipinski definition) is 1. The summed E-state index contributed by atoms with van der Waals surface area (Å²) < 4.78 is 42.4. The Labute approximate surface area is 141 Å². The lowest BCUT2D eigenvalue weighted by atomic mass is 10.1. The Morgan fingerprint density at radius 1 is 1.12 bits per heavy atom. The average molecular weight is 352 g/mol. The predicted octanol–water partition coefficient (Wildman–Crippen LogP) is 3.13. The van der Waals surface area contributed by atoms with E-state index in [0.29, 0.717) is 5.56 Å². The SMILES string of the molecule is COC(=O)c1ccc(CNC(=O)c2ccc(C(F)(F)F)nc2C)cc1. The van der Waals surface area contributed by atoms with E-state index in [9.17, 15) is 22.8 Å². The zero-order chi connectivity index (χ0) is 18.6. The molecule has 0 aliphatic carbocycles. The van der Waals surface area contributed by atoms with Gasteiger partial charge in [0.05, 0.1) is 23.9 Å². The summed E-state index contributed by atoms with van der Waals surface area (Å²) in [6, 6.07) is 8.26. The zero-order valence-electron chi connectivity index (χ0n) is 13.5. The molecule has 1 aromatic carbocycles.